The van der Waals surface area contributed by atoms with E-state index in [0.717, 1.165) is 35.6 Å². The molecule has 0 aromatic carbocycles. The van der Waals surface area contributed by atoms with Crippen LogP contribution in [0.25, 0.3) is 0 Å². The van der Waals surface area contributed by atoms with E-state index in [0.29, 0.717) is 6.04 Å². The maximum atomic E-state index is 5.93. The lowest BCUT2D eigenvalue weighted by atomic mass is 10.1. The van der Waals surface area contributed by atoms with Gasteiger partial charge >= 0.3 is 0 Å². The summed E-state index contributed by atoms with van der Waals surface area (Å²) >= 11 is 3.50. The van der Waals surface area contributed by atoms with E-state index in [1.807, 2.05) is 6.20 Å². The highest BCUT2D eigenvalue weighted by atomic mass is 79.9. The number of rotatable bonds is 7. The van der Waals surface area contributed by atoms with Crippen LogP contribution in [0, 0.1) is 0 Å². The Hall–Kier alpha value is -0.650. The van der Waals surface area contributed by atoms with Gasteiger partial charge in [0, 0.05) is 35.4 Å². The Kier molecular flexibility index (Phi) is 5.49. The van der Waals surface area contributed by atoms with E-state index in [4.69, 9.17) is 4.74 Å². The summed E-state index contributed by atoms with van der Waals surface area (Å²) in [6.45, 7) is 5.01. The maximum Gasteiger partial charge on any atom is 0.217 e. The molecule has 1 saturated heterocycles. The number of pyridine rings is 1. The van der Waals surface area contributed by atoms with E-state index in [9.17, 15) is 0 Å². The molecule has 2 aliphatic rings. The smallest absolute Gasteiger partial charge is 0.217 e. The minimum atomic E-state index is 0.699. The standard InChI is InChI=1S/C16H24BrN3O/c17-14-10-13(11-18-15-4-5-15)16(19-12-14)21-9-8-20-6-2-1-3-7-20/h10,12,15,18H,1-9,11H2. The first-order valence-electron chi connectivity index (χ1n) is 8.04. The monoisotopic (exact) mass is 353 g/mol. The van der Waals surface area contributed by atoms with Crippen molar-refractivity contribution in [2.24, 2.45) is 0 Å². The fourth-order valence-corrected chi connectivity index (χ4v) is 3.10. The average Bonchev–Trinajstić information content (AvgIpc) is 3.32. The van der Waals surface area contributed by atoms with Gasteiger partial charge in [-0.25, -0.2) is 4.98 Å². The molecule has 3 rings (SSSR count). The van der Waals surface area contributed by atoms with Crippen LogP contribution in [0.2, 0.25) is 0 Å². The zero-order chi connectivity index (χ0) is 14.5. The predicted octanol–water partition coefficient (Wildman–Crippen LogP) is 2.96. The van der Waals surface area contributed by atoms with Gasteiger partial charge in [-0.2, -0.15) is 0 Å². The Labute approximate surface area is 135 Å². The largest absolute Gasteiger partial charge is 0.476 e. The summed E-state index contributed by atoms with van der Waals surface area (Å²) in [5, 5.41) is 3.53. The minimum absolute atomic E-state index is 0.699. The fraction of sp³-hybridized carbons (Fsp3) is 0.688. The quantitative estimate of drug-likeness (QED) is 0.817. The van der Waals surface area contributed by atoms with Gasteiger partial charge in [0.05, 0.1) is 0 Å². The molecule has 0 radical (unpaired) electrons. The molecular formula is C16H24BrN3O. The van der Waals surface area contributed by atoms with Crippen LogP contribution in [0.15, 0.2) is 16.7 Å². The second-order valence-electron chi connectivity index (χ2n) is 6.02. The number of ether oxygens (including phenoxy) is 1. The van der Waals surface area contributed by atoms with Gasteiger partial charge in [0.2, 0.25) is 5.88 Å². The first kappa shape index (κ1) is 15.3. The highest BCUT2D eigenvalue weighted by molar-refractivity contribution is 9.10. The summed E-state index contributed by atoms with van der Waals surface area (Å²) < 4.78 is 6.95. The summed E-state index contributed by atoms with van der Waals surface area (Å²) in [4.78, 5) is 6.92. The van der Waals surface area contributed by atoms with Crippen LogP contribution in [-0.2, 0) is 6.54 Å². The zero-order valence-corrected chi connectivity index (χ0v) is 14.1. The van der Waals surface area contributed by atoms with E-state index < -0.39 is 0 Å². The van der Waals surface area contributed by atoms with Crippen LogP contribution in [0.4, 0.5) is 0 Å². The number of nitrogens with one attached hydrogen (secondary N) is 1. The molecule has 2 heterocycles. The molecule has 4 nitrogen and oxygen atoms in total. The molecule has 1 aliphatic carbocycles. The second kappa shape index (κ2) is 7.56. The van der Waals surface area contributed by atoms with Crippen molar-refractivity contribution >= 4 is 15.9 Å². The Morgan fingerprint density at radius 2 is 2.10 bits per heavy atom. The summed E-state index contributed by atoms with van der Waals surface area (Å²) in [5.41, 5.74) is 1.15. The van der Waals surface area contributed by atoms with Crippen molar-refractivity contribution in [1.82, 2.24) is 15.2 Å². The lowest BCUT2D eigenvalue weighted by molar-refractivity contribution is 0.179. The van der Waals surface area contributed by atoms with Crippen LogP contribution >= 0.6 is 15.9 Å². The Morgan fingerprint density at radius 3 is 2.86 bits per heavy atom. The van der Waals surface area contributed by atoms with Crippen molar-refractivity contribution in [3.8, 4) is 5.88 Å². The molecule has 0 amide bonds. The molecule has 21 heavy (non-hydrogen) atoms. The van der Waals surface area contributed by atoms with Gasteiger partial charge in [0.1, 0.15) is 6.61 Å². The van der Waals surface area contributed by atoms with E-state index in [1.54, 1.807) is 0 Å². The van der Waals surface area contributed by atoms with Gasteiger partial charge in [-0.3, -0.25) is 4.90 Å². The third-order valence-electron chi connectivity index (χ3n) is 4.15. The summed E-state index contributed by atoms with van der Waals surface area (Å²) in [6, 6.07) is 2.81. The third kappa shape index (κ3) is 4.94. The molecule has 1 N–H and O–H groups in total. The van der Waals surface area contributed by atoms with E-state index in [2.05, 4.69) is 37.2 Å². The highest BCUT2D eigenvalue weighted by Gasteiger charge is 2.21. The molecule has 1 aromatic heterocycles. The Morgan fingerprint density at radius 1 is 1.29 bits per heavy atom. The van der Waals surface area contributed by atoms with Crippen molar-refractivity contribution in [1.29, 1.82) is 0 Å². The summed E-state index contributed by atoms with van der Waals surface area (Å²) in [5.74, 6) is 0.781. The number of piperidine rings is 1. The van der Waals surface area contributed by atoms with E-state index in [-0.39, 0.29) is 0 Å². The molecule has 116 valence electrons. The molecular weight excluding hydrogens is 330 g/mol. The molecule has 1 saturated carbocycles. The molecule has 0 bridgehead atoms. The molecule has 5 heteroatoms. The molecule has 0 atom stereocenters. The molecule has 1 aliphatic heterocycles. The van der Waals surface area contributed by atoms with Crippen molar-refractivity contribution < 1.29 is 4.74 Å². The summed E-state index contributed by atoms with van der Waals surface area (Å²) in [7, 11) is 0. The first-order chi connectivity index (χ1) is 10.3. The average molecular weight is 354 g/mol. The third-order valence-corrected chi connectivity index (χ3v) is 4.58. The lowest BCUT2D eigenvalue weighted by Gasteiger charge is -2.26. The Bertz CT molecular complexity index is 459. The van der Waals surface area contributed by atoms with E-state index in [1.165, 1.54) is 45.2 Å². The topological polar surface area (TPSA) is 37.4 Å². The van der Waals surface area contributed by atoms with Crippen molar-refractivity contribution in [2.75, 3.05) is 26.2 Å². The Balaban J connectivity index is 1.50. The van der Waals surface area contributed by atoms with Crippen molar-refractivity contribution in [3.63, 3.8) is 0 Å². The fourth-order valence-electron chi connectivity index (χ4n) is 2.72. The van der Waals surface area contributed by atoms with Crippen molar-refractivity contribution in [3.05, 3.63) is 22.3 Å². The highest BCUT2D eigenvalue weighted by Crippen LogP contribution is 2.23. The zero-order valence-electron chi connectivity index (χ0n) is 12.5. The van der Waals surface area contributed by atoms with Crippen molar-refractivity contribution in [2.45, 2.75) is 44.7 Å². The number of nitrogens with zero attached hydrogens (tertiary/aromatic N) is 2. The van der Waals surface area contributed by atoms with Gasteiger partial charge in [-0.15, -0.1) is 0 Å². The number of hydrogen-bond acceptors (Lipinski definition) is 4. The van der Waals surface area contributed by atoms with Crippen LogP contribution in [-0.4, -0.2) is 42.2 Å². The van der Waals surface area contributed by atoms with Crippen LogP contribution in [0.1, 0.15) is 37.7 Å². The molecule has 2 fully saturated rings. The SMILES string of the molecule is Brc1cnc(OCCN2CCCCC2)c(CNC2CC2)c1. The number of aromatic nitrogens is 1. The predicted molar refractivity (Wildman–Crippen MR) is 87.6 cm³/mol. The normalized spacial score (nSPS) is 19.7. The first-order valence-corrected chi connectivity index (χ1v) is 8.83. The number of halogens is 1. The van der Waals surface area contributed by atoms with Crippen LogP contribution in [0.5, 0.6) is 5.88 Å². The van der Waals surface area contributed by atoms with Gasteiger partial charge < -0.3 is 10.1 Å². The lowest BCUT2D eigenvalue weighted by Crippen LogP contribution is -2.33. The van der Waals surface area contributed by atoms with E-state index >= 15 is 0 Å². The number of likely N-dealkylation sites (tertiary alicyclic amines) is 1. The second-order valence-corrected chi connectivity index (χ2v) is 6.94. The number of hydrogen-bond donors (Lipinski definition) is 1. The van der Waals surface area contributed by atoms with Gasteiger partial charge in [-0.05, 0) is 60.8 Å². The summed E-state index contributed by atoms with van der Waals surface area (Å²) in [6.07, 6.45) is 8.44. The van der Waals surface area contributed by atoms with Gasteiger partial charge in [0.25, 0.3) is 0 Å². The van der Waals surface area contributed by atoms with Gasteiger partial charge in [0.15, 0.2) is 0 Å². The molecule has 0 spiro atoms. The van der Waals surface area contributed by atoms with Crippen LogP contribution < -0.4 is 10.1 Å². The minimum Gasteiger partial charge on any atom is -0.476 e. The molecule has 0 unspecified atom stereocenters. The molecule has 1 aromatic rings. The maximum absolute atomic E-state index is 5.93. The van der Waals surface area contributed by atoms with Gasteiger partial charge in [-0.1, -0.05) is 6.42 Å². The van der Waals surface area contributed by atoms with Crippen LogP contribution in [0.3, 0.4) is 0 Å².